The van der Waals surface area contributed by atoms with Crippen molar-refractivity contribution in [2.75, 3.05) is 19.6 Å². The summed E-state index contributed by atoms with van der Waals surface area (Å²) in [5.41, 5.74) is 1.10. The monoisotopic (exact) mass is 317 g/mol. The van der Waals surface area contributed by atoms with Crippen LogP contribution in [-0.2, 0) is 16.1 Å². The first-order valence-electron chi connectivity index (χ1n) is 8.43. The van der Waals surface area contributed by atoms with E-state index in [4.69, 9.17) is 0 Å². The first-order chi connectivity index (χ1) is 11.1. The third-order valence-corrected chi connectivity index (χ3v) is 4.36. The number of nitrogens with zero attached hydrogens (tertiary/aromatic N) is 1. The Balaban J connectivity index is 1.81. The van der Waals surface area contributed by atoms with E-state index in [1.54, 1.807) is 4.90 Å². The number of carbonyl (C=O) groups excluding carboxylic acids is 2. The third-order valence-electron chi connectivity index (χ3n) is 4.36. The van der Waals surface area contributed by atoms with Gasteiger partial charge in [-0.15, -0.1) is 0 Å². The van der Waals surface area contributed by atoms with Crippen LogP contribution in [0.2, 0.25) is 0 Å². The van der Waals surface area contributed by atoms with Crippen LogP contribution in [0, 0.1) is 5.92 Å². The molecule has 0 spiro atoms. The first kappa shape index (κ1) is 17.5. The summed E-state index contributed by atoms with van der Waals surface area (Å²) in [5.74, 6) is -0.0163. The fourth-order valence-electron chi connectivity index (χ4n) is 2.97. The van der Waals surface area contributed by atoms with Gasteiger partial charge < -0.3 is 15.5 Å². The minimum absolute atomic E-state index is 0.00228. The Hall–Kier alpha value is -1.88. The van der Waals surface area contributed by atoms with Crippen molar-refractivity contribution in [3.8, 4) is 0 Å². The molecular weight excluding hydrogens is 290 g/mol. The van der Waals surface area contributed by atoms with Crippen molar-refractivity contribution in [3.05, 3.63) is 35.9 Å². The highest BCUT2D eigenvalue weighted by Crippen LogP contribution is 2.15. The summed E-state index contributed by atoms with van der Waals surface area (Å²) in [6.07, 6.45) is 1.67. The lowest BCUT2D eigenvalue weighted by Crippen LogP contribution is -2.45. The molecule has 0 unspecified atom stereocenters. The van der Waals surface area contributed by atoms with Gasteiger partial charge in [-0.25, -0.2) is 0 Å². The highest BCUT2D eigenvalue weighted by molar-refractivity contribution is 5.85. The van der Waals surface area contributed by atoms with Crippen molar-refractivity contribution in [1.82, 2.24) is 15.5 Å². The van der Waals surface area contributed by atoms with Gasteiger partial charge in [0.05, 0.1) is 6.54 Å². The van der Waals surface area contributed by atoms with E-state index in [1.165, 1.54) is 0 Å². The number of carbonyl (C=O) groups is 2. The van der Waals surface area contributed by atoms with Crippen LogP contribution in [0.5, 0.6) is 0 Å². The van der Waals surface area contributed by atoms with Crippen molar-refractivity contribution < 1.29 is 9.59 Å². The van der Waals surface area contributed by atoms with Crippen molar-refractivity contribution in [1.29, 1.82) is 0 Å². The maximum atomic E-state index is 12.3. The van der Waals surface area contributed by atoms with Gasteiger partial charge in [-0.1, -0.05) is 30.3 Å². The van der Waals surface area contributed by atoms with Crippen molar-refractivity contribution in [2.24, 2.45) is 5.92 Å². The largest absolute Gasteiger partial charge is 0.347 e. The Morgan fingerprint density at radius 1 is 1.30 bits per heavy atom. The predicted octanol–water partition coefficient (Wildman–Crippen LogP) is 1.54. The molecule has 2 rings (SSSR count). The van der Waals surface area contributed by atoms with Crippen molar-refractivity contribution in [3.63, 3.8) is 0 Å². The minimum Gasteiger partial charge on any atom is -0.347 e. The van der Waals surface area contributed by atoms with Crippen molar-refractivity contribution in [2.45, 2.75) is 39.3 Å². The van der Waals surface area contributed by atoms with Crippen LogP contribution in [-0.4, -0.2) is 42.4 Å². The Morgan fingerprint density at radius 2 is 2.04 bits per heavy atom. The maximum absolute atomic E-state index is 12.3. The molecule has 0 aliphatic carbocycles. The molecule has 2 atom stereocenters. The molecule has 2 amide bonds. The lowest BCUT2D eigenvalue weighted by Gasteiger charge is -2.27. The topological polar surface area (TPSA) is 61.4 Å². The molecule has 2 N–H and O–H groups in total. The van der Waals surface area contributed by atoms with Gasteiger partial charge in [0.25, 0.3) is 0 Å². The van der Waals surface area contributed by atoms with Gasteiger partial charge in [0.15, 0.2) is 0 Å². The van der Waals surface area contributed by atoms with Crippen LogP contribution in [0.4, 0.5) is 0 Å². The number of likely N-dealkylation sites (N-methyl/N-ethyl adjacent to an activating group) is 1. The normalized spacial score (nSPS) is 20.8. The molecular formula is C18H27N3O2. The summed E-state index contributed by atoms with van der Waals surface area (Å²) in [6, 6.07) is 10.3. The van der Waals surface area contributed by atoms with Gasteiger partial charge in [-0.3, -0.25) is 9.59 Å². The van der Waals surface area contributed by atoms with E-state index in [9.17, 15) is 9.59 Å². The van der Waals surface area contributed by atoms with E-state index >= 15 is 0 Å². The average Bonchev–Trinajstić information content (AvgIpc) is 2.58. The Bertz CT molecular complexity index is 518. The summed E-state index contributed by atoms with van der Waals surface area (Å²) in [6.45, 7) is 6.20. The third kappa shape index (κ3) is 5.36. The highest BCUT2D eigenvalue weighted by atomic mass is 16.2. The van der Waals surface area contributed by atoms with E-state index < -0.39 is 0 Å². The van der Waals surface area contributed by atoms with Crippen LogP contribution in [0.1, 0.15) is 32.3 Å². The molecule has 1 aromatic carbocycles. The molecule has 1 aliphatic heterocycles. The van der Waals surface area contributed by atoms with Crippen LogP contribution in [0.25, 0.3) is 0 Å². The van der Waals surface area contributed by atoms with Gasteiger partial charge in [0, 0.05) is 25.0 Å². The Morgan fingerprint density at radius 3 is 2.70 bits per heavy atom. The molecule has 0 aromatic heterocycles. The quantitative estimate of drug-likeness (QED) is 0.837. The summed E-state index contributed by atoms with van der Waals surface area (Å²) in [5, 5.41) is 6.15. The second-order valence-corrected chi connectivity index (χ2v) is 6.19. The van der Waals surface area contributed by atoms with E-state index in [2.05, 4.69) is 17.6 Å². The standard InChI is InChI=1S/C18H27N3O2/c1-3-21(13-15-7-5-4-6-8-15)17(22)12-20-18(23)16-9-10-19-14(2)11-16/h4-8,14,16,19H,3,9-13H2,1-2H3,(H,20,23)/t14-,16-/m0/s1. The highest BCUT2D eigenvalue weighted by Gasteiger charge is 2.25. The number of benzene rings is 1. The second-order valence-electron chi connectivity index (χ2n) is 6.19. The van der Waals surface area contributed by atoms with Gasteiger partial charge in [0.2, 0.25) is 11.8 Å². The molecule has 0 radical (unpaired) electrons. The molecule has 1 aliphatic rings. The Labute approximate surface area is 138 Å². The molecule has 0 bridgehead atoms. The molecule has 5 nitrogen and oxygen atoms in total. The van der Waals surface area contributed by atoms with Crippen LogP contribution < -0.4 is 10.6 Å². The number of rotatable bonds is 6. The smallest absolute Gasteiger partial charge is 0.242 e. The maximum Gasteiger partial charge on any atom is 0.242 e. The van der Waals surface area contributed by atoms with Gasteiger partial charge in [-0.2, -0.15) is 0 Å². The lowest BCUT2D eigenvalue weighted by atomic mass is 9.92. The fraction of sp³-hybridized carbons (Fsp3) is 0.556. The minimum atomic E-state index is -0.0355. The summed E-state index contributed by atoms with van der Waals surface area (Å²) in [4.78, 5) is 26.3. The lowest BCUT2D eigenvalue weighted by molar-refractivity contribution is -0.134. The van der Waals surface area contributed by atoms with E-state index in [0.29, 0.717) is 19.1 Å². The molecule has 1 saturated heterocycles. The number of piperidine rings is 1. The predicted molar refractivity (Wildman–Crippen MR) is 90.7 cm³/mol. The van der Waals surface area contributed by atoms with E-state index in [0.717, 1.165) is 24.9 Å². The molecule has 5 heteroatoms. The zero-order valence-corrected chi connectivity index (χ0v) is 14.0. The molecule has 1 heterocycles. The van der Waals surface area contributed by atoms with Crippen molar-refractivity contribution >= 4 is 11.8 Å². The van der Waals surface area contributed by atoms with Gasteiger partial charge >= 0.3 is 0 Å². The number of hydrogen-bond acceptors (Lipinski definition) is 3. The van der Waals surface area contributed by atoms with Crippen LogP contribution in [0.15, 0.2) is 30.3 Å². The number of hydrogen-bond donors (Lipinski definition) is 2. The molecule has 1 aromatic rings. The van der Waals surface area contributed by atoms with Crippen LogP contribution >= 0.6 is 0 Å². The number of amides is 2. The fourth-order valence-corrected chi connectivity index (χ4v) is 2.97. The van der Waals surface area contributed by atoms with Crippen LogP contribution in [0.3, 0.4) is 0 Å². The van der Waals surface area contributed by atoms with Gasteiger partial charge in [-0.05, 0) is 38.8 Å². The molecule has 1 fully saturated rings. The SMILES string of the molecule is CCN(Cc1ccccc1)C(=O)CNC(=O)[C@H]1CCN[C@@H](C)C1. The zero-order chi connectivity index (χ0) is 16.7. The van der Waals surface area contributed by atoms with E-state index in [-0.39, 0.29) is 24.3 Å². The molecule has 23 heavy (non-hydrogen) atoms. The second kappa shape index (κ2) is 8.67. The summed E-state index contributed by atoms with van der Waals surface area (Å²) < 4.78 is 0. The van der Waals surface area contributed by atoms with Gasteiger partial charge in [0.1, 0.15) is 0 Å². The summed E-state index contributed by atoms with van der Waals surface area (Å²) in [7, 11) is 0. The number of nitrogens with one attached hydrogen (secondary N) is 2. The molecule has 126 valence electrons. The Kier molecular flexibility index (Phi) is 6.59. The average molecular weight is 317 g/mol. The first-order valence-corrected chi connectivity index (χ1v) is 8.43. The summed E-state index contributed by atoms with van der Waals surface area (Å²) >= 11 is 0. The zero-order valence-electron chi connectivity index (χ0n) is 14.0. The molecule has 0 saturated carbocycles. The van der Waals surface area contributed by atoms with E-state index in [1.807, 2.05) is 37.3 Å².